The molecule has 2 saturated heterocycles. The standard InChI is InChI=1S/C22H29N3O4/c1-15(2)16-4-6-17(7-5-16)20-23-19(29-24-20)13-25-10-8-22(9-11-25)12-18(14-28-22)21(26)27-3/h4-7,15,18H,8-14H2,1-3H3. The minimum atomic E-state index is -0.187. The number of likely N-dealkylation sites (tertiary alicyclic amines) is 1. The molecular formula is C22H29N3O4. The highest BCUT2D eigenvalue weighted by molar-refractivity contribution is 5.72. The third kappa shape index (κ3) is 4.36. The number of hydrogen-bond donors (Lipinski definition) is 0. The lowest BCUT2D eigenvalue weighted by Crippen LogP contribution is -2.43. The number of ether oxygens (including phenoxy) is 2. The Bertz CT molecular complexity index is 838. The van der Waals surface area contributed by atoms with Crippen LogP contribution in [0.4, 0.5) is 0 Å². The molecule has 0 bridgehead atoms. The van der Waals surface area contributed by atoms with Crippen LogP contribution in [0.25, 0.3) is 11.4 Å². The molecule has 4 rings (SSSR count). The van der Waals surface area contributed by atoms with E-state index in [2.05, 4.69) is 41.0 Å². The number of hydrogen-bond acceptors (Lipinski definition) is 7. The molecule has 7 nitrogen and oxygen atoms in total. The number of aromatic nitrogens is 2. The van der Waals surface area contributed by atoms with Gasteiger partial charge in [0.2, 0.25) is 11.7 Å². The topological polar surface area (TPSA) is 77.7 Å². The monoisotopic (exact) mass is 399 g/mol. The molecule has 156 valence electrons. The number of carbonyl (C=O) groups is 1. The van der Waals surface area contributed by atoms with E-state index in [0.717, 1.165) is 37.9 Å². The fourth-order valence-electron chi connectivity index (χ4n) is 4.27. The summed E-state index contributed by atoms with van der Waals surface area (Å²) in [5.74, 6) is 1.46. The first kappa shape index (κ1) is 20.0. The van der Waals surface area contributed by atoms with Crippen LogP contribution >= 0.6 is 0 Å². The highest BCUT2D eigenvalue weighted by Crippen LogP contribution is 2.39. The molecule has 0 N–H and O–H groups in total. The minimum absolute atomic E-state index is 0.132. The fraction of sp³-hybridized carbons (Fsp3) is 0.591. The van der Waals surface area contributed by atoms with Crippen molar-refractivity contribution in [3.8, 4) is 11.4 Å². The van der Waals surface area contributed by atoms with Gasteiger partial charge in [0.1, 0.15) is 0 Å². The van der Waals surface area contributed by atoms with Crippen LogP contribution in [0, 0.1) is 5.92 Å². The summed E-state index contributed by atoms with van der Waals surface area (Å²) in [5, 5.41) is 4.15. The summed E-state index contributed by atoms with van der Waals surface area (Å²) in [6.45, 7) is 7.22. The molecule has 29 heavy (non-hydrogen) atoms. The predicted octanol–water partition coefficient (Wildman–Crippen LogP) is 3.40. The van der Waals surface area contributed by atoms with E-state index in [1.54, 1.807) is 0 Å². The van der Waals surface area contributed by atoms with Gasteiger partial charge in [0.05, 0.1) is 31.8 Å². The third-order valence-electron chi connectivity index (χ3n) is 6.17. The SMILES string of the molecule is COC(=O)C1COC2(CCN(Cc3nc(-c4ccc(C(C)C)cc4)no3)CC2)C1. The first-order valence-corrected chi connectivity index (χ1v) is 10.3. The van der Waals surface area contributed by atoms with Gasteiger partial charge in [-0.25, -0.2) is 0 Å². The van der Waals surface area contributed by atoms with Crippen LogP contribution in [0.2, 0.25) is 0 Å². The molecule has 2 aliphatic rings. The van der Waals surface area contributed by atoms with Crippen LogP contribution in [-0.4, -0.2) is 53.4 Å². The summed E-state index contributed by atoms with van der Waals surface area (Å²) in [7, 11) is 1.44. The van der Waals surface area contributed by atoms with Gasteiger partial charge in [0, 0.05) is 18.7 Å². The zero-order chi connectivity index (χ0) is 20.4. The number of benzene rings is 1. The van der Waals surface area contributed by atoms with Gasteiger partial charge in [0.25, 0.3) is 0 Å². The molecule has 1 aromatic carbocycles. The van der Waals surface area contributed by atoms with Crippen LogP contribution in [-0.2, 0) is 20.8 Å². The summed E-state index contributed by atoms with van der Waals surface area (Å²) >= 11 is 0. The Morgan fingerprint density at radius 3 is 2.66 bits per heavy atom. The number of esters is 1. The van der Waals surface area contributed by atoms with Crippen LogP contribution in [0.3, 0.4) is 0 Å². The number of methoxy groups -OCH3 is 1. The highest BCUT2D eigenvalue weighted by Gasteiger charge is 2.45. The summed E-state index contributed by atoms with van der Waals surface area (Å²) < 4.78 is 16.4. The summed E-state index contributed by atoms with van der Waals surface area (Å²) in [4.78, 5) is 18.7. The largest absolute Gasteiger partial charge is 0.469 e. The fourth-order valence-corrected chi connectivity index (χ4v) is 4.27. The van der Waals surface area contributed by atoms with E-state index < -0.39 is 0 Å². The minimum Gasteiger partial charge on any atom is -0.469 e. The lowest BCUT2D eigenvalue weighted by Gasteiger charge is -2.38. The maximum absolute atomic E-state index is 11.8. The lowest BCUT2D eigenvalue weighted by molar-refractivity contribution is -0.145. The number of piperidine rings is 1. The van der Waals surface area contributed by atoms with Gasteiger partial charge in [-0.1, -0.05) is 43.3 Å². The van der Waals surface area contributed by atoms with Gasteiger partial charge in [0.15, 0.2) is 0 Å². The first-order valence-electron chi connectivity index (χ1n) is 10.3. The zero-order valence-corrected chi connectivity index (χ0v) is 17.4. The quantitative estimate of drug-likeness (QED) is 0.713. The summed E-state index contributed by atoms with van der Waals surface area (Å²) in [6.07, 6.45) is 2.56. The maximum Gasteiger partial charge on any atom is 0.311 e. The normalized spacial score (nSPS) is 21.7. The molecule has 0 aliphatic carbocycles. The average Bonchev–Trinajstić information content (AvgIpc) is 3.37. The van der Waals surface area contributed by atoms with E-state index in [-0.39, 0.29) is 17.5 Å². The molecule has 0 saturated carbocycles. The Hall–Kier alpha value is -2.25. The molecule has 1 unspecified atom stereocenters. The molecule has 0 radical (unpaired) electrons. The Morgan fingerprint density at radius 1 is 1.28 bits per heavy atom. The van der Waals surface area contributed by atoms with Crippen molar-refractivity contribution in [1.29, 1.82) is 0 Å². The van der Waals surface area contributed by atoms with Gasteiger partial charge in [-0.3, -0.25) is 9.69 Å². The molecule has 1 spiro atoms. The smallest absolute Gasteiger partial charge is 0.311 e. The van der Waals surface area contributed by atoms with Crippen molar-refractivity contribution in [2.75, 3.05) is 26.8 Å². The van der Waals surface area contributed by atoms with E-state index in [9.17, 15) is 4.79 Å². The van der Waals surface area contributed by atoms with Crippen molar-refractivity contribution in [3.05, 3.63) is 35.7 Å². The third-order valence-corrected chi connectivity index (χ3v) is 6.17. The molecule has 0 amide bonds. The van der Waals surface area contributed by atoms with Crippen molar-refractivity contribution < 1.29 is 18.8 Å². The second kappa shape index (κ2) is 8.24. The number of rotatable bonds is 5. The predicted molar refractivity (Wildman–Crippen MR) is 107 cm³/mol. The van der Waals surface area contributed by atoms with Crippen LogP contribution < -0.4 is 0 Å². The van der Waals surface area contributed by atoms with Crippen molar-refractivity contribution in [3.63, 3.8) is 0 Å². The second-order valence-corrected chi connectivity index (χ2v) is 8.48. The molecule has 3 heterocycles. The van der Waals surface area contributed by atoms with Gasteiger partial charge in [-0.2, -0.15) is 4.98 Å². The average molecular weight is 399 g/mol. The van der Waals surface area contributed by atoms with Gasteiger partial charge in [-0.05, 0) is 30.7 Å². The molecule has 1 atom stereocenters. The molecule has 1 aromatic heterocycles. The maximum atomic E-state index is 11.8. The van der Waals surface area contributed by atoms with Crippen molar-refractivity contribution in [2.24, 2.45) is 5.92 Å². The van der Waals surface area contributed by atoms with Gasteiger partial charge in [-0.15, -0.1) is 0 Å². The van der Waals surface area contributed by atoms with E-state index in [4.69, 9.17) is 14.0 Å². The molecule has 7 heteroatoms. The second-order valence-electron chi connectivity index (χ2n) is 8.48. The molecule has 2 fully saturated rings. The molecular weight excluding hydrogens is 370 g/mol. The van der Waals surface area contributed by atoms with E-state index in [0.29, 0.717) is 30.8 Å². The van der Waals surface area contributed by atoms with Crippen LogP contribution in [0.5, 0.6) is 0 Å². The Kier molecular flexibility index (Phi) is 5.69. The Balaban J connectivity index is 1.32. The van der Waals surface area contributed by atoms with Crippen molar-refractivity contribution in [1.82, 2.24) is 15.0 Å². The van der Waals surface area contributed by atoms with E-state index in [1.165, 1.54) is 12.7 Å². The van der Waals surface area contributed by atoms with Crippen LogP contribution in [0.15, 0.2) is 28.8 Å². The van der Waals surface area contributed by atoms with Gasteiger partial charge >= 0.3 is 5.97 Å². The Labute approximate surface area is 171 Å². The van der Waals surface area contributed by atoms with E-state index in [1.807, 2.05) is 12.1 Å². The van der Waals surface area contributed by atoms with E-state index >= 15 is 0 Å². The highest BCUT2D eigenvalue weighted by atomic mass is 16.5. The number of nitrogens with zero attached hydrogens (tertiary/aromatic N) is 3. The van der Waals surface area contributed by atoms with Crippen molar-refractivity contribution in [2.45, 2.75) is 51.2 Å². The van der Waals surface area contributed by atoms with Crippen molar-refractivity contribution >= 4 is 5.97 Å². The molecule has 2 aromatic rings. The molecule has 2 aliphatic heterocycles. The summed E-state index contributed by atoms with van der Waals surface area (Å²) in [6, 6.07) is 8.32. The first-order chi connectivity index (χ1) is 14.0. The summed E-state index contributed by atoms with van der Waals surface area (Å²) in [5.41, 5.74) is 2.08. The zero-order valence-electron chi connectivity index (χ0n) is 17.4. The van der Waals surface area contributed by atoms with Gasteiger partial charge < -0.3 is 14.0 Å². The lowest BCUT2D eigenvalue weighted by atomic mass is 9.85. The Morgan fingerprint density at radius 2 is 2.00 bits per heavy atom. The van der Waals surface area contributed by atoms with Crippen LogP contribution in [0.1, 0.15) is 50.5 Å². The number of carbonyl (C=O) groups excluding carboxylic acids is 1.